The maximum Gasteiger partial charge on any atom is 0.322 e. The summed E-state index contributed by atoms with van der Waals surface area (Å²) in [7, 11) is -2.46. The molecule has 15 heavy (non-hydrogen) atoms. The van der Waals surface area contributed by atoms with Gasteiger partial charge in [-0.2, -0.15) is 0 Å². The van der Waals surface area contributed by atoms with Crippen LogP contribution < -0.4 is 10.5 Å². The van der Waals surface area contributed by atoms with Crippen molar-refractivity contribution in [2.45, 2.75) is 24.8 Å². The quantitative estimate of drug-likeness (QED) is 0.594. The Balaban J connectivity index is 2.39. The molecule has 0 spiro atoms. The van der Waals surface area contributed by atoms with E-state index in [2.05, 4.69) is 9.46 Å². The molecule has 0 aromatic carbocycles. The SMILES string of the molecule is COC(=O)CS(=O)(=O)NCC1(N)CCC1. The molecule has 7 heteroatoms. The fourth-order valence-corrected chi connectivity index (χ4v) is 2.36. The zero-order valence-electron chi connectivity index (χ0n) is 8.65. The Hall–Kier alpha value is -0.660. The second kappa shape index (κ2) is 4.46. The van der Waals surface area contributed by atoms with Gasteiger partial charge in [0.15, 0.2) is 5.75 Å². The first kappa shape index (κ1) is 12.4. The standard InChI is InChI=1S/C8H16N2O4S/c1-14-7(11)5-15(12,13)10-6-8(9)3-2-4-8/h10H,2-6,9H2,1H3. The van der Waals surface area contributed by atoms with E-state index in [1.54, 1.807) is 0 Å². The summed E-state index contributed by atoms with van der Waals surface area (Å²) in [4.78, 5) is 10.8. The van der Waals surface area contributed by atoms with Crippen LogP contribution in [0.5, 0.6) is 0 Å². The van der Waals surface area contributed by atoms with Gasteiger partial charge >= 0.3 is 5.97 Å². The molecule has 0 radical (unpaired) electrons. The molecule has 1 fully saturated rings. The lowest BCUT2D eigenvalue weighted by Crippen LogP contribution is -2.55. The Morgan fingerprint density at radius 3 is 2.53 bits per heavy atom. The number of nitrogens with two attached hydrogens (primary N) is 1. The van der Waals surface area contributed by atoms with Gasteiger partial charge in [-0.25, -0.2) is 13.1 Å². The Morgan fingerprint density at radius 2 is 2.13 bits per heavy atom. The fourth-order valence-electron chi connectivity index (χ4n) is 1.33. The Morgan fingerprint density at radius 1 is 1.53 bits per heavy atom. The number of ether oxygens (including phenoxy) is 1. The van der Waals surface area contributed by atoms with Crippen molar-refractivity contribution in [1.29, 1.82) is 0 Å². The van der Waals surface area contributed by atoms with Crippen LogP contribution in [0.15, 0.2) is 0 Å². The highest BCUT2D eigenvalue weighted by Crippen LogP contribution is 2.28. The number of hydrogen-bond donors (Lipinski definition) is 2. The number of carbonyl (C=O) groups is 1. The van der Waals surface area contributed by atoms with E-state index in [-0.39, 0.29) is 6.54 Å². The molecule has 0 aromatic heterocycles. The molecule has 1 aliphatic carbocycles. The molecule has 0 aliphatic heterocycles. The number of methoxy groups -OCH3 is 1. The first-order valence-corrected chi connectivity index (χ1v) is 6.35. The second-order valence-electron chi connectivity index (χ2n) is 3.87. The van der Waals surface area contributed by atoms with Crippen molar-refractivity contribution in [3.63, 3.8) is 0 Å². The van der Waals surface area contributed by atoms with Crippen molar-refractivity contribution in [3.8, 4) is 0 Å². The van der Waals surface area contributed by atoms with Crippen LogP contribution in [0.25, 0.3) is 0 Å². The molecule has 1 saturated carbocycles. The van der Waals surface area contributed by atoms with Crippen molar-refractivity contribution in [2.24, 2.45) is 5.73 Å². The smallest absolute Gasteiger partial charge is 0.322 e. The van der Waals surface area contributed by atoms with Gasteiger partial charge in [0.1, 0.15) is 0 Å². The minimum absolute atomic E-state index is 0.187. The average Bonchev–Trinajstić information content (AvgIpc) is 2.11. The van der Waals surface area contributed by atoms with E-state index in [9.17, 15) is 13.2 Å². The van der Waals surface area contributed by atoms with Crippen LogP contribution >= 0.6 is 0 Å². The van der Waals surface area contributed by atoms with Gasteiger partial charge in [-0.15, -0.1) is 0 Å². The molecule has 0 aromatic rings. The molecule has 0 unspecified atom stereocenters. The molecule has 0 amide bonds. The molecule has 88 valence electrons. The minimum atomic E-state index is -3.61. The van der Waals surface area contributed by atoms with Gasteiger partial charge in [0, 0.05) is 12.1 Å². The lowest BCUT2D eigenvalue weighted by Gasteiger charge is -2.37. The number of sulfonamides is 1. The van der Waals surface area contributed by atoms with E-state index in [0.717, 1.165) is 26.4 Å². The number of hydrogen-bond acceptors (Lipinski definition) is 5. The van der Waals surface area contributed by atoms with Crippen LogP contribution in [0.3, 0.4) is 0 Å². The lowest BCUT2D eigenvalue weighted by molar-refractivity contribution is -0.137. The molecule has 0 bridgehead atoms. The lowest BCUT2D eigenvalue weighted by atomic mass is 9.78. The van der Waals surface area contributed by atoms with Gasteiger partial charge < -0.3 is 10.5 Å². The summed E-state index contributed by atoms with van der Waals surface area (Å²) in [6.07, 6.45) is 2.65. The molecule has 6 nitrogen and oxygen atoms in total. The summed E-state index contributed by atoms with van der Waals surface area (Å²) >= 11 is 0. The highest BCUT2D eigenvalue weighted by atomic mass is 32.2. The number of esters is 1. The first-order valence-electron chi connectivity index (χ1n) is 4.70. The topological polar surface area (TPSA) is 98.5 Å². The minimum Gasteiger partial charge on any atom is -0.468 e. The molecule has 0 saturated heterocycles. The van der Waals surface area contributed by atoms with Gasteiger partial charge in [0.25, 0.3) is 0 Å². The third-order valence-corrected chi connectivity index (χ3v) is 3.73. The Labute approximate surface area is 89.2 Å². The molecule has 3 N–H and O–H groups in total. The largest absolute Gasteiger partial charge is 0.468 e. The van der Waals surface area contributed by atoms with E-state index in [4.69, 9.17) is 5.73 Å². The van der Waals surface area contributed by atoms with E-state index in [1.165, 1.54) is 0 Å². The predicted molar refractivity (Wildman–Crippen MR) is 54.6 cm³/mol. The normalized spacial score (nSPS) is 19.3. The summed E-state index contributed by atoms with van der Waals surface area (Å²) in [5.74, 6) is -1.43. The number of nitrogens with one attached hydrogen (secondary N) is 1. The predicted octanol–water partition coefficient (Wildman–Crippen LogP) is -1.04. The zero-order chi connectivity index (χ0) is 11.5. The average molecular weight is 236 g/mol. The Bertz CT molecular complexity index is 335. The van der Waals surface area contributed by atoms with Crippen molar-refractivity contribution in [1.82, 2.24) is 4.72 Å². The molecule has 1 aliphatic rings. The highest BCUT2D eigenvalue weighted by molar-refractivity contribution is 7.90. The summed E-state index contributed by atoms with van der Waals surface area (Å²) in [5.41, 5.74) is 5.40. The van der Waals surface area contributed by atoms with Crippen LogP contribution in [-0.2, 0) is 19.6 Å². The number of rotatable bonds is 5. The van der Waals surface area contributed by atoms with Crippen LogP contribution in [0.1, 0.15) is 19.3 Å². The third-order valence-electron chi connectivity index (χ3n) is 2.53. The highest BCUT2D eigenvalue weighted by Gasteiger charge is 2.33. The molecule has 0 heterocycles. The summed E-state index contributed by atoms with van der Waals surface area (Å²) in [5, 5.41) is 0. The van der Waals surface area contributed by atoms with E-state index < -0.39 is 27.3 Å². The summed E-state index contributed by atoms with van der Waals surface area (Å²) < 4.78 is 29.2. The van der Waals surface area contributed by atoms with E-state index >= 15 is 0 Å². The zero-order valence-corrected chi connectivity index (χ0v) is 9.47. The van der Waals surface area contributed by atoms with Crippen molar-refractivity contribution < 1.29 is 17.9 Å². The van der Waals surface area contributed by atoms with Crippen LogP contribution in [0.2, 0.25) is 0 Å². The van der Waals surface area contributed by atoms with Crippen molar-refractivity contribution >= 4 is 16.0 Å². The van der Waals surface area contributed by atoms with Crippen LogP contribution in [-0.4, -0.2) is 39.3 Å². The number of carbonyl (C=O) groups excluding carboxylic acids is 1. The summed E-state index contributed by atoms with van der Waals surface area (Å²) in [6, 6.07) is 0. The third kappa shape index (κ3) is 3.77. The van der Waals surface area contributed by atoms with Crippen LogP contribution in [0.4, 0.5) is 0 Å². The first-order chi connectivity index (χ1) is 6.87. The Kier molecular flexibility index (Phi) is 3.69. The van der Waals surface area contributed by atoms with Gasteiger partial charge in [-0.05, 0) is 19.3 Å². The van der Waals surface area contributed by atoms with E-state index in [0.29, 0.717) is 0 Å². The van der Waals surface area contributed by atoms with Gasteiger partial charge in [0.2, 0.25) is 10.0 Å². The summed E-state index contributed by atoms with van der Waals surface area (Å²) in [6.45, 7) is 0.187. The van der Waals surface area contributed by atoms with Crippen molar-refractivity contribution in [3.05, 3.63) is 0 Å². The van der Waals surface area contributed by atoms with Crippen LogP contribution in [0, 0.1) is 0 Å². The molecule has 0 atom stereocenters. The maximum atomic E-state index is 11.3. The maximum absolute atomic E-state index is 11.3. The fraction of sp³-hybridized carbons (Fsp3) is 0.875. The molecule has 1 rings (SSSR count). The monoisotopic (exact) mass is 236 g/mol. The van der Waals surface area contributed by atoms with E-state index in [1.807, 2.05) is 0 Å². The van der Waals surface area contributed by atoms with Gasteiger partial charge in [-0.3, -0.25) is 4.79 Å². The molecular formula is C8H16N2O4S. The van der Waals surface area contributed by atoms with Gasteiger partial charge in [0.05, 0.1) is 7.11 Å². The van der Waals surface area contributed by atoms with Gasteiger partial charge in [-0.1, -0.05) is 0 Å². The molecular weight excluding hydrogens is 220 g/mol. The van der Waals surface area contributed by atoms with Crippen molar-refractivity contribution in [2.75, 3.05) is 19.4 Å². The second-order valence-corrected chi connectivity index (χ2v) is 5.68.